The lowest BCUT2D eigenvalue weighted by molar-refractivity contribution is 0.0963. The van der Waals surface area contributed by atoms with Gasteiger partial charge in [0.25, 0.3) is 15.9 Å². The highest BCUT2D eigenvalue weighted by Gasteiger charge is 2.27. The third-order valence-corrected chi connectivity index (χ3v) is 6.46. The van der Waals surface area contributed by atoms with Crippen LogP contribution in [0.5, 0.6) is 0 Å². The Morgan fingerprint density at radius 2 is 1.86 bits per heavy atom. The van der Waals surface area contributed by atoms with E-state index in [0.29, 0.717) is 24.6 Å². The highest BCUT2D eigenvalue weighted by atomic mass is 32.2. The smallest absolute Gasteiger partial charge is 0.293 e. The van der Waals surface area contributed by atoms with Crippen LogP contribution in [0, 0.1) is 0 Å². The van der Waals surface area contributed by atoms with Gasteiger partial charge in [-0.3, -0.25) is 9.52 Å². The Bertz CT molecular complexity index is 1130. The minimum absolute atomic E-state index is 0.202. The maximum atomic E-state index is 12.7. The molecule has 2 aromatic carbocycles. The largest absolute Gasteiger partial charge is 0.459 e. The minimum atomic E-state index is -3.68. The fraction of sp³-hybridized carbons (Fsp3) is 0.227. The fourth-order valence-electron chi connectivity index (χ4n) is 3.46. The standard InChI is InChI=1S/C22H22N2O4S/c1-15(2)16-5-8-19(9-6-16)29(26,27)23-18-7-10-20-17(14-18)11-12-24(20)22(25)21-4-3-13-28-21/h3-10,13-15,23H,11-12H2,1-2H3. The number of rotatable bonds is 5. The molecule has 150 valence electrons. The second-order valence-corrected chi connectivity index (χ2v) is 9.04. The minimum Gasteiger partial charge on any atom is -0.459 e. The van der Waals surface area contributed by atoms with Crippen LogP contribution in [0.4, 0.5) is 11.4 Å². The molecule has 1 N–H and O–H groups in total. The number of hydrogen-bond acceptors (Lipinski definition) is 4. The van der Waals surface area contributed by atoms with E-state index in [-0.39, 0.29) is 16.6 Å². The average molecular weight is 410 g/mol. The Morgan fingerprint density at radius 1 is 1.10 bits per heavy atom. The molecule has 1 aliphatic rings. The predicted octanol–water partition coefficient (Wildman–Crippen LogP) is 4.41. The molecule has 0 radical (unpaired) electrons. The van der Waals surface area contributed by atoms with Gasteiger partial charge >= 0.3 is 0 Å². The molecular formula is C22H22N2O4S. The molecule has 1 aliphatic heterocycles. The number of benzene rings is 2. The number of furan rings is 1. The lowest BCUT2D eigenvalue weighted by Crippen LogP contribution is -2.28. The summed E-state index contributed by atoms with van der Waals surface area (Å²) in [7, 11) is -3.68. The van der Waals surface area contributed by atoms with Gasteiger partial charge in [0.05, 0.1) is 11.2 Å². The van der Waals surface area contributed by atoms with Crippen molar-refractivity contribution >= 4 is 27.3 Å². The zero-order valence-electron chi connectivity index (χ0n) is 16.3. The lowest BCUT2D eigenvalue weighted by atomic mass is 10.0. The number of sulfonamides is 1. The van der Waals surface area contributed by atoms with E-state index in [0.717, 1.165) is 16.8 Å². The summed E-state index contributed by atoms with van der Waals surface area (Å²) in [5, 5.41) is 0. The van der Waals surface area contributed by atoms with Crippen LogP contribution in [0.1, 0.15) is 41.4 Å². The van der Waals surface area contributed by atoms with Crippen molar-refractivity contribution in [1.29, 1.82) is 0 Å². The van der Waals surface area contributed by atoms with E-state index in [1.165, 1.54) is 6.26 Å². The second kappa shape index (κ2) is 7.40. The third-order valence-electron chi connectivity index (χ3n) is 5.06. The topological polar surface area (TPSA) is 79.6 Å². The van der Waals surface area contributed by atoms with E-state index < -0.39 is 10.0 Å². The Morgan fingerprint density at radius 3 is 2.52 bits per heavy atom. The molecule has 0 saturated heterocycles. The highest BCUT2D eigenvalue weighted by Crippen LogP contribution is 2.32. The molecule has 0 saturated carbocycles. The third kappa shape index (κ3) is 3.78. The van der Waals surface area contributed by atoms with Gasteiger partial charge in [-0.1, -0.05) is 26.0 Å². The van der Waals surface area contributed by atoms with Crippen LogP contribution < -0.4 is 9.62 Å². The van der Waals surface area contributed by atoms with E-state index in [2.05, 4.69) is 18.6 Å². The number of hydrogen-bond donors (Lipinski definition) is 1. The van der Waals surface area contributed by atoms with Crippen LogP contribution in [-0.2, 0) is 16.4 Å². The monoisotopic (exact) mass is 410 g/mol. The number of carbonyl (C=O) groups is 1. The number of carbonyl (C=O) groups excluding carboxylic acids is 1. The summed E-state index contributed by atoms with van der Waals surface area (Å²) >= 11 is 0. The van der Waals surface area contributed by atoms with Crippen molar-refractivity contribution < 1.29 is 17.6 Å². The number of fused-ring (bicyclic) bond motifs is 1. The Kier molecular flexibility index (Phi) is 4.92. The molecule has 3 aromatic rings. The zero-order valence-corrected chi connectivity index (χ0v) is 17.1. The Hall–Kier alpha value is -3.06. The van der Waals surface area contributed by atoms with E-state index in [4.69, 9.17) is 4.42 Å². The van der Waals surface area contributed by atoms with Gasteiger partial charge < -0.3 is 9.32 Å². The Balaban J connectivity index is 1.54. The molecule has 1 amide bonds. The van der Waals surface area contributed by atoms with Crippen LogP contribution in [0.25, 0.3) is 0 Å². The van der Waals surface area contributed by atoms with Crippen molar-refractivity contribution in [2.24, 2.45) is 0 Å². The van der Waals surface area contributed by atoms with Crippen LogP contribution in [0.2, 0.25) is 0 Å². The summed E-state index contributed by atoms with van der Waals surface area (Å²) in [4.78, 5) is 14.4. The molecule has 2 heterocycles. The predicted molar refractivity (Wildman–Crippen MR) is 112 cm³/mol. The Labute approximate surface area is 170 Å². The molecule has 29 heavy (non-hydrogen) atoms. The number of anilines is 2. The van der Waals surface area contributed by atoms with Gasteiger partial charge in [0.15, 0.2) is 5.76 Å². The van der Waals surface area contributed by atoms with Gasteiger partial charge in [-0.05, 0) is 65.9 Å². The van der Waals surface area contributed by atoms with Crippen LogP contribution in [0.3, 0.4) is 0 Å². The van der Waals surface area contributed by atoms with E-state index in [9.17, 15) is 13.2 Å². The van der Waals surface area contributed by atoms with Crippen molar-refractivity contribution in [3.05, 3.63) is 77.7 Å². The van der Waals surface area contributed by atoms with Gasteiger partial charge in [-0.25, -0.2) is 8.42 Å². The zero-order chi connectivity index (χ0) is 20.6. The summed E-state index contributed by atoms with van der Waals surface area (Å²) in [6.45, 7) is 4.65. The number of nitrogens with zero attached hydrogens (tertiary/aromatic N) is 1. The van der Waals surface area contributed by atoms with Gasteiger partial charge in [-0.2, -0.15) is 0 Å². The summed E-state index contributed by atoms with van der Waals surface area (Å²) in [6, 6.07) is 15.4. The first-order valence-electron chi connectivity index (χ1n) is 9.46. The first-order valence-corrected chi connectivity index (χ1v) is 10.9. The maximum absolute atomic E-state index is 12.7. The van der Waals surface area contributed by atoms with Crippen LogP contribution in [-0.4, -0.2) is 20.9 Å². The van der Waals surface area contributed by atoms with Gasteiger partial charge in [0, 0.05) is 17.9 Å². The molecule has 7 heteroatoms. The van der Waals surface area contributed by atoms with Crippen molar-refractivity contribution in [1.82, 2.24) is 0 Å². The van der Waals surface area contributed by atoms with E-state index in [1.54, 1.807) is 47.4 Å². The lowest BCUT2D eigenvalue weighted by Gasteiger charge is -2.16. The SMILES string of the molecule is CC(C)c1ccc(S(=O)(=O)Nc2ccc3c(c2)CCN3C(=O)c2ccco2)cc1. The summed E-state index contributed by atoms with van der Waals surface area (Å²) in [5.41, 5.74) is 3.25. The van der Waals surface area contributed by atoms with Crippen molar-refractivity contribution in [2.75, 3.05) is 16.2 Å². The molecule has 0 fully saturated rings. The van der Waals surface area contributed by atoms with Gasteiger partial charge in [-0.15, -0.1) is 0 Å². The average Bonchev–Trinajstić information content (AvgIpc) is 3.37. The summed E-state index contributed by atoms with van der Waals surface area (Å²) in [6.07, 6.45) is 2.12. The van der Waals surface area contributed by atoms with Gasteiger partial charge in [0.1, 0.15) is 0 Å². The number of nitrogens with one attached hydrogen (secondary N) is 1. The number of amides is 1. The summed E-state index contributed by atoms with van der Waals surface area (Å²) in [5.74, 6) is 0.419. The molecule has 0 atom stereocenters. The molecule has 0 aliphatic carbocycles. The molecule has 0 unspecified atom stereocenters. The molecule has 0 spiro atoms. The molecular weight excluding hydrogens is 388 g/mol. The van der Waals surface area contributed by atoms with Gasteiger partial charge in [0.2, 0.25) is 0 Å². The molecule has 1 aromatic heterocycles. The van der Waals surface area contributed by atoms with E-state index >= 15 is 0 Å². The van der Waals surface area contributed by atoms with Crippen molar-refractivity contribution in [3.63, 3.8) is 0 Å². The quantitative estimate of drug-likeness (QED) is 0.676. The van der Waals surface area contributed by atoms with Crippen LogP contribution >= 0.6 is 0 Å². The van der Waals surface area contributed by atoms with E-state index in [1.807, 2.05) is 12.1 Å². The molecule has 4 rings (SSSR count). The normalized spacial score (nSPS) is 13.6. The highest BCUT2D eigenvalue weighted by molar-refractivity contribution is 7.92. The second-order valence-electron chi connectivity index (χ2n) is 7.36. The van der Waals surface area contributed by atoms with Crippen molar-refractivity contribution in [3.8, 4) is 0 Å². The van der Waals surface area contributed by atoms with Crippen molar-refractivity contribution in [2.45, 2.75) is 31.1 Å². The first kappa shape index (κ1) is 19.3. The maximum Gasteiger partial charge on any atom is 0.293 e. The fourth-order valence-corrected chi connectivity index (χ4v) is 4.50. The molecule has 6 nitrogen and oxygen atoms in total. The molecule has 0 bridgehead atoms. The summed E-state index contributed by atoms with van der Waals surface area (Å²) < 4.78 is 33.3. The first-order chi connectivity index (χ1) is 13.8. The van der Waals surface area contributed by atoms with Crippen LogP contribution in [0.15, 0.2) is 70.2 Å².